The fourth-order valence-electron chi connectivity index (χ4n) is 4.88. The molecule has 7 nitrogen and oxygen atoms in total. The number of hydrogen-bond donors (Lipinski definition) is 0. The van der Waals surface area contributed by atoms with Crippen molar-refractivity contribution >= 4 is 10.0 Å². The third-order valence-electron chi connectivity index (χ3n) is 6.56. The molecule has 2 spiro atoms. The van der Waals surface area contributed by atoms with Crippen LogP contribution in [0.15, 0.2) is 11.1 Å². The van der Waals surface area contributed by atoms with E-state index in [2.05, 4.69) is 10.00 Å². The van der Waals surface area contributed by atoms with E-state index in [9.17, 15) is 21.6 Å². The van der Waals surface area contributed by atoms with Crippen molar-refractivity contribution in [2.75, 3.05) is 32.8 Å². The van der Waals surface area contributed by atoms with Crippen LogP contribution < -0.4 is 0 Å². The highest BCUT2D eigenvalue weighted by Crippen LogP contribution is 2.54. The lowest BCUT2D eigenvalue weighted by Crippen LogP contribution is -2.75. The van der Waals surface area contributed by atoms with Crippen molar-refractivity contribution in [3.8, 4) is 0 Å². The Kier molecular flexibility index (Phi) is 3.48. The van der Waals surface area contributed by atoms with Gasteiger partial charge in [-0.15, -0.1) is 0 Å². The molecule has 3 saturated heterocycles. The Labute approximate surface area is 155 Å². The highest BCUT2D eigenvalue weighted by atomic mass is 32.2. The van der Waals surface area contributed by atoms with Crippen LogP contribution in [-0.4, -0.2) is 71.8 Å². The Bertz CT molecular complexity index is 871. The molecule has 0 atom stereocenters. The summed E-state index contributed by atoms with van der Waals surface area (Å²) < 4.78 is 71.5. The van der Waals surface area contributed by atoms with Crippen LogP contribution in [0.3, 0.4) is 0 Å². The van der Waals surface area contributed by atoms with E-state index in [1.54, 1.807) is 0 Å². The zero-order valence-electron chi connectivity index (χ0n) is 14.9. The van der Waals surface area contributed by atoms with E-state index in [0.717, 1.165) is 43.6 Å². The summed E-state index contributed by atoms with van der Waals surface area (Å²) in [6, 6.07) is 1.08. The summed E-state index contributed by atoms with van der Waals surface area (Å²) in [5, 5.41) is 2.90. The Morgan fingerprint density at radius 2 is 1.85 bits per heavy atom. The molecule has 27 heavy (non-hydrogen) atoms. The standard InChI is InChI=1S/C16H21F3N4O3S/c1-21-13(4-12(20-21)16(17,18)19)27(24,25)23-7-14(8-23)5-11(6-14)22-9-15(10-22)2-3-26-15/h4,11H,2-3,5-10H2,1H3. The molecule has 0 aromatic carbocycles. The van der Waals surface area contributed by atoms with Crippen molar-refractivity contribution in [1.82, 2.24) is 19.0 Å². The van der Waals surface area contributed by atoms with Gasteiger partial charge in [0.25, 0.3) is 10.0 Å². The number of aryl methyl sites for hydroxylation is 1. The molecule has 0 bridgehead atoms. The minimum absolute atomic E-state index is 0.0214. The van der Waals surface area contributed by atoms with Crippen LogP contribution in [0.4, 0.5) is 13.2 Å². The summed E-state index contributed by atoms with van der Waals surface area (Å²) in [5.41, 5.74) is -1.12. The number of likely N-dealkylation sites (tertiary alicyclic amines) is 1. The Morgan fingerprint density at radius 1 is 1.22 bits per heavy atom. The average Bonchev–Trinajstić information content (AvgIpc) is 2.77. The first kappa shape index (κ1) is 17.9. The molecule has 150 valence electrons. The summed E-state index contributed by atoms with van der Waals surface area (Å²) >= 11 is 0. The average molecular weight is 406 g/mol. The molecule has 1 aromatic heterocycles. The first-order valence-corrected chi connectivity index (χ1v) is 10.5. The summed E-state index contributed by atoms with van der Waals surface area (Å²) in [5.74, 6) is 0. The van der Waals surface area contributed by atoms with E-state index in [-0.39, 0.29) is 11.0 Å². The second kappa shape index (κ2) is 5.25. The molecule has 0 N–H and O–H groups in total. The predicted molar refractivity (Wildman–Crippen MR) is 87.3 cm³/mol. The number of alkyl halides is 3. The second-order valence-corrected chi connectivity index (χ2v) is 10.4. The fourth-order valence-corrected chi connectivity index (χ4v) is 6.67. The molecule has 1 aliphatic carbocycles. The van der Waals surface area contributed by atoms with Gasteiger partial charge in [-0.25, -0.2) is 8.42 Å². The second-order valence-electron chi connectivity index (χ2n) is 8.51. The molecule has 0 amide bonds. The zero-order valence-corrected chi connectivity index (χ0v) is 15.7. The van der Waals surface area contributed by atoms with Crippen molar-refractivity contribution in [3.05, 3.63) is 11.8 Å². The maximum atomic E-state index is 12.8. The molecular weight excluding hydrogens is 385 g/mol. The molecule has 3 aliphatic heterocycles. The van der Waals surface area contributed by atoms with Crippen LogP contribution >= 0.6 is 0 Å². The lowest BCUT2D eigenvalue weighted by Gasteiger charge is -2.65. The molecular formula is C16H21F3N4O3S. The van der Waals surface area contributed by atoms with Gasteiger partial charge in [0.2, 0.25) is 0 Å². The quantitative estimate of drug-likeness (QED) is 0.751. The van der Waals surface area contributed by atoms with E-state index in [1.807, 2.05) is 0 Å². The molecule has 4 fully saturated rings. The van der Waals surface area contributed by atoms with Crippen LogP contribution in [0, 0.1) is 5.41 Å². The minimum atomic E-state index is -4.67. The predicted octanol–water partition coefficient (Wildman–Crippen LogP) is 1.07. The van der Waals surface area contributed by atoms with Gasteiger partial charge >= 0.3 is 6.18 Å². The minimum Gasteiger partial charge on any atom is -0.372 e. The normalized spacial score (nSPS) is 27.9. The molecule has 0 radical (unpaired) electrons. The summed E-state index contributed by atoms with van der Waals surface area (Å²) in [4.78, 5) is 2.40. The van der Waals surface area contributed by atoms with Gasteiger partial charge in [0.1, 0.15) is 0 Å². The van der Waals surface area contributed by atoms with Crippen LogP contribution in [0.25, 0.3) is 0 Å². The van der Waals surface area contributed by atoms with Crippen molar-refractivity contribution in [3.63, 3.8) is 0 Å². The number of hydrogen-bond acceptors (Lipinski definition) is 5. The molecule has 1 saturated carbocycles. The number of aromatic nitrogens is 2. The first-order chi connectivity index (χ1) is 12.5. The lowest BCUT2D eigenvalue weighted by atomic mass is 9.60. The van der Waals surface area contributed by atoms with Gasteiger partial charge < -0.3 is 4.74 Å². The third-order valence-corrected chi connectivity index (χ3v) is 8.41. The molecule has 11 heteroatoms. The van der Waals surface area contributed by atoms with Gasteiger partial charge in [-0.2, -0.15) is 22.6 Å². The monoisotopic (exact) mass is 406 g/mol. The van der Waals surface area contributed by atoms with Crippen LogP contribution in [0.5, 0.6) is 0 Å². The highest BCUT2D eigenvalue weighted by molar-refractivity contribution is 7.89. The van der Waals surface area contributed by atoms with Crippen molar-refractivity contribution in [1.29, 1.82) is 0 Å². The van der Waals surface area contributed by atoms with Gasteiger partial charge in [-0.05, 0) is 12.8 Å². The molecule has 0 unspecified atom stereocenters. The largest absolute Gasteiger partial charge is 0.435 e. The van der Waals surface area contributed by atoms with Crippen molar-refractivity contribution < 1.29 is 26.3 Å². The summed E-state index contributed by atoms with van der Waals surface area (Å²) in [7, 11) is -2.74. The Hall–Kier alpha value is -1.17. The topological polar surface area (TPSA) is 67.7 Å². The van der Waals surface area contributed by atoms with E-state index in [1.165, 1.54) is 11.4 Å². The number of rotatable bonds is 3. The van der Waals surface area contributed by atoms with E-state index in [0.29, 0.717) is 25.2 Å². The van der Waals surface area contributed by atoms with Crippen molar-refractivity contribution in [2.24, 2.45) is 12.5 Å². The Morgan fingerprint density at radius 3 is 2.33 bits per heavy atom. The first-order valence-electron chi connectivity index (χ1n) is 9.02. The Balaban J connectivity index is 1.20. The van der Waals surface area contributed by atoms with Crippen LogP contribution in [0.2, 0.25) is 0 Å². The van der Waals surface area contributed by atoms with Crippen molar-refractivity contribution in [2.45, 2.75) is 42.1 Å². The van der Waals surface area contributed by atoms with Gasteiger partial charge in [-0.3, -0.25) is 9.58 Å². The highest BCUT2D eigenvalue weighted by Gasteiger charge is 2.60. The van der Waals surface area contributed by atoms with Crippen LogP contribution in [0.1, 0.15) is 25.0 Å². The van der Waals surface area contributed by atoms with E-state index < -0.39 is 26.9 Å². The summed E-state index contributed by atoms with van der Waals surface area (Å²) in [6.45, 7) is 3.51. The molecule has 5 rings (SSSR count). The smallest absolute Gasteiger partial charge is 0.372 e. The number of sulfonamides is 1. The maximum Gasteiger partial charge on any atom is 0.435 e. The van der Waals surface area contributed by atoms with Gasteiger partial charge in [0, 0.05) is 57.2 Å². The molecule has 4 heterocycles. The number of ether oxygens (including phenoxy) is 1. The fraction of sp³-hybridized carbons (Fsp3) is 0.812. The zero-order chi connectivity index (χ0) is 19.2. The van der Waals surface area contributed by atoms with E-state index >= 15 is 0 Å². The van der Waals surface area contributed by atoms with Gasteiger partial charge in [0.15, 0.2) is 10.7 Å². The molecule has 1 aromatic rings. The summed E-state index contributed by atoms with van der Waals surface area (Å²) in [6.07, 6.45) is -1.66. The lowest BCUT2D eigenvalue weighted by molar-refractivity contribution is -0.246. The van der Waals surface area contributed by atoms with Crippen LogP contribution in [-0.2, 0) is 28.0 Å². The SMILES string of the molecule is Cn1nc(C(F)(F)F)cc1S(=O)(=O)N1CC2(CC(N3CC4(CCO4)C3)C2)C1. The number of nitrogens with zero attached hydrogens (tertiary/aromatic N) is 4. The van der Waals surface area contributed by atoms with Gasteiger partial charge in [0.05, 0.1) is 12.2 Å². The van der Waals surface area contributed by atoms with Gasteiger partial charge in [-0.1, -0.05) is 0 Å². The molecule has 4 aliphatic rings. The van der Waals surface area contributed by atoms with E-state index in [4.69, 9.17) is 4.74 Å². The number of halogens is 3. The maximum absolute atomic E-state index is 12.8. The third kappa shape index (κ3) is 2.58.